The van der Waals surface area contributed by atoms with Crippen LogP contribution in [0.25, 0.3) is 10.8 Å². The van der Waals surface area contributed by atoms with Crippen LogP contribution in [-0.4, -0.2) is 22.5 Å². The molecule has 4 heteroatoms. The van der Waals surface area contributed by atoms with Gasteiger partial charge in [-0.1, -0.05) is 57.2 Å². The summed E-state index contributed by atoms with van der Waals surface area (Å²) in [5.74, 6) is 0.360. The van der Waals surface area contributed by atoms with E-state index in [1.54, 1.807) is 0 Å². The number of aromatic nitrogens is 1. The van der Waals surface area contributed by atoms with Crippen LogP contribution in [0.1, 0.15) is 36.7 Å². The van der Waals surface area contributed by atoms with E-state index >= 15 is 0 Å². The van der Waals surface area contributed by atoms with E-state index in [9.17, 15) is 4.79 Å². The number of Topliss-reactive ketones (excluding diaryl/α,β-unsaturated/α-hetero) is 1. The molecule has 25 heavy (non-hydrogen) atoms. The van der Waals surface area contributed by atoms with Crippen molar-refractivity contribution in [3.05, 3.63) is 65.9 Å². The van der Waals surface area contributed by atoms with Crippen molar-refractivity contribution in [2.24, 2.45) is 0 Å². The van der Waals surface area contributed by atoms with Crippen LogP contribution in [0.4, 0.5) is 11.5 Å². The molecule has 0 unspecified atom stereocenters. The van der Waals surface area contributed by atoms with Crippen molar-refractivity contribution in [1.82, 2.24) is 4.98 Å². The summed E-state index contributed by atoms with van der Waals surface area (Å²) in [6.07, 6.45) is 1.52. The van der Waals surface area contributed by atoms with Gasteiger partial charge in [-0.05, 0) is 28.5 Å². The lowest BCUT2D eigenvalue weighted by Gasteiger charge is -2.19. The molecule has 2 aromatic carbocycles. The molecule has 0 fully saturated rings. The number of benzene rings is 2. The van der Waals surface area contributed by atoms with E-state index in [1.807, 2.05) is 36.4 Å². The molecule has 128 valence electrons. The molecule has 3 rings (SSSR count). The minimum Gasteiger partial charge on any atom is -0.388 e. The first kappa shape index (κ1) is 17.1. The first-order chi connectivity index (χ1) is 11.9. The molecule has 0 saturated heterocycles. The summed E-state index contributed by atoms with van der Waals surface area (Å²) in [7, 11) is 0. The molecule has 0 aliphatic rings. The van der Waals surface area contributed by atoms with Crippen molar-refractivity contribution in [2.75, 3.05) is 11.9 Å². The number of carbonyl (C=O) groups excluding carboxylic acids is 1. The number of rotatable bonds is 4. The molecular weight excluding hydrogens is 312 g/mol. The third-order valence-electron chi connectivity index (χ3n) is 4.25. The molecule has 1 heterocycles. The van der Waals surface area contributed by atoms with Crippen LogP contribution in [0.15, 0.2) is 54.7 Å². The van der Waals surface area contributed by atoms with Gasteiger partial charge in [0, 0.05) is 22.8 Å². The molecule has 0 atom stereocenters. The van der Waals surface area contributed by atoms with Gasteiger partial charge in [0.25, 0.3) is 0 Å². The summed E-state index contributed by atoms with van der Waals surface area (Å²) in [5, 5.41) is 14.1. The Morgan fingerprint density at radius 3 is 2.28 bits per heavy atom. The summed E-state index contributed by atoms with van der Waals surface area (Å²) in [4.78, 5) is 16.3. The van der Waals surface area contributed by atoms with E-state index in [-0.39, 0.29) is 11.2 Å². The minimum atomic E-state index is -0.521. The number of anilines is 2. The largest absolute Gasteiger partial charge is 0.388 e. The second kappa shape index (κ2) is 6.65. The fourth-order valence-electron chi connectivity index (χ4n) is 2.79. The van der Waals surface area contributed by atoms with Crippen LogP contribution in [0, 0.1) is 0 Å². The van der Waals surface area contributed by atoms with E-state index in [1.165, 1.54) is 11.8 Å². The molecule has 1 aromatic heterocycles. The number of fused-ring (bicyclic) bond motifs is 1. The van der Waals surface area contributed by atoms with Gasteiger partial charge in [-0.25, -0.2) is 4.98 Å². The maximum Gasteiger partial charge on any atom is 0.190 e. The Morgan fingerprint density at radius 1 is 1.04 bits per heavy atom. The number of pyridine rings is 1. The highest BCUT2D eigenvalue weighted by Gasteiger charge is 2.14. The van der Waals surface area contributed by atoms with Gasteiger partial charge in [0.05, 0.1) is 0 Å². The lowest BCUT2D eigenvalue weighted by Crippen LogP contribution is -2.10. The van der Waals surface area contributed by atoms with Gasteiger partial charge in [-0.2, -0.15) is 0 Å². The maximum atomic E-state index is 11.9. The molecule has 0 aliphatic carbocycles. The number of nitrogens with zero attached hydrogens (tertiary/aromatic N) is 1. The number of aliphatic hydroxyl groups excluding tert-OH is 1. The zero-order valence-electron chi connectivity index (χ0n) is 14.7. The predicted octanol–water partition coefficient (Wildman–Crippen LogP) is 4.45. The third kappa shape index (κ3) is 3.54. The topological polar surface area (TPSA) is 62.2 Å². The normalized spacial score (nSPS) is 11.5. The second-order valence-corrected chi connectivity index (χ2v) is 7.10. The maximum absolute atomic E-state index is 11.9. The van der Waals surface area contributed by atoms with Gasteiger partial charge < -0.3 is 10.4 Å². The summed E-state index contributed by atoms with van der Waals surface area (Å²) < 4.78 is 0. The van der Waals surface area contributed by atoms with E-state index in [2.05, 4.69) is 43.2 Å². The number of nitrogens with one attached hydrogen (secondary N) is 1. The SMILES string of the molecule is CC(C)(C)c1ccc(Nc2ncc(C(=O)CO)c3ccccc23)cc1. The van der Waals surface area contributed by atoms with Crippen LogP contribution in [0.2, 0.25) is 0 Å². The van der Waals surface area contributed by atoms with Crippen molar-refractivity contribution in [3.63, 3.8) is 0 Å². The van der Waals surface area contributed by atoms with Gasteiger partial charge >= 0.3 is 0 Å². The zero-order chi connectivity index (χ0) is 18.0. The van der Waals surface area contributed by atoms with Crippen molar-refractivity contribution in [3.8, 4) is 0 Å². The van der Waals surface area contributed by atoms with Crippen molar-refractivity contribution < 1.29 is 9.90 Å². The summed E-state index contributed by atoms with van der Waals surface area (Å²) in [6, 6.07) is 15.8. The quantitative estimate of drug-likeness (QED) is 0.692. The average molecular weight is 334 g/mol. The Balaban J connectivity index is 1.98. The number of ketones is 1. The van der Waals surface area contributed by atoms with E-state index in [4.69, 9.17) is 5.11 Å². The van der Waals surface area contributed by atoms with E-state index in [0.717, 1.165) is 16.5 Å². The van der Waals surface area contributed by atoms with Crippen LogP contribution in [-0.2, 0) is 5.41 Å². The monoisotopic (exact) mass is 334 g/mol. The molecule has 2 N–H and O–H groups in total. The van der Waals surface area contributed by atoms with Crippen molar-refractivity contribution in [2.45, 2.75) is 26.2 Å². The van der Waals surface area contributed by atoms with E-state index in [0.29, 0.717) is 11.4 Å². The zero-order valence-corrected chi connectivity index (χ0v) is 14.7. The van der Waals surface area contributed by atoms with Gasteiger partial charge in [-0.15, -0.1) is 0 Å². The number of hydrogen-bond acceptors (Lipinski definition) is 4. The fraction of sp³-hybridized carbons (Fsp3) is 0.238. The van der Waals surface area contributed by atoms with Gasteiger partial charge in [0.2, 0.25) is 0 Å². The molecule has 4 nitrogen and oxygen atoms in total. The number of aliphatic hydroxyl groups is 1. The third-order valence-corrected chi connectivity index (χ3v) is 4.25. The molecule has 0 bridgehead atoms. The Hall–Kier alpha value is -2.72. The van der Waals surface area contributed by atoms with Crippen LogP contribution < -0.4 is 5.32 Å². The van der Waals surface area contributed by atoms with Gasteiger partial charge in [0.1, 0.15) is 12.4 Å². The van der Waals surface area contributed by atoms with Crippen LogP contribution in [0.5, 0.6) is 0 Å². The molecule has 0 saturated carbocycles. The lowest BCUT2D eigenvalue weighted by atomic mass is 9.87. The Morgan fingerprint density at radius 2 is 1.68 bits per heavy atom. The standard InChI is InChI=1S/C21H22N2O2/c1-21(2,3)14-8-10-15(11-9-14)23-20-17-7-5-4-6-16(17)18(12-22-20)19(25)13-24/h4-12,24H,13H2,1-3H3,(H,22,23). The minimum absolute atomic E-state index is 0.107. The molecule has 0 amide bonds. The van der Waals surface area contributed by atoms with Crippen molar-refractivity contribution >= 4 is 28.1 Å². The molecular formula is C21H22N2O2. The highest BCUT2D eigenvalue weighted by molar-refractivity contribution is 6.10. The first-order valence-electron chi connectivity index (χ1n) is 8.29. The van der Waals surface area contributed by atoms with Crippen molar-refractivity contribution in [1.29, 1.82) is 0 Å². The highest BCUT2D eigenvalue weighted by Crippen LogP contribution is 2.29. The number of carbonyl (C=O) groups is 1. The lowest BCUT2D eigenvalue weighted by molar-refractivity contribution is 0.0905. The van der Waals surface area contributed by atoms with Gasteiger partial charge in [0.15, 0.2) is 5.78 Å². The Labute approximate surface area is 147 Å². The molecule has 3 aromatic rings. The van der Waals surface area contributed by atoms with Crippen LogP contribution in [0.3, 0.4) is 0 Å². The summed E-state index contributed by atoms with van der Waals surface area (Å²) >= 11 is 0. The molecule has 0 aliphatic heterocycles. The predicted molar refractivity (Wildman–Crippen MR) is 102 cm³/mol. The Bertz CT molecular complexity index is 909. The molecule has 0 spiro atoms. The second-order valence-electron chi connectivity index (χ2n) is 7.10. The smallest absolute Gasteiger partial charge is 0.190 e. The Kier molecular flexibility index (Phi) is 4.55. The average Bonchev–Trinajstić information content (AvgIpc) is 2.61. The summed E-state index contributed by atoms with van der Waals surface area (Å²) in [5.41, 5.74) is 2.74. The van der Waals surface area contributed by atoms with Crippen LogP contribution >= 0.6 is 0 Å². The highest BCUT2D eigenvalue weighted by atomic mass is 16.3. The van der Waals surface area contributed by atoms with Gasteiger partial charge in [-0.3, -0.25) is 4.79 Å². The first-order valence-corrected chi connectivity index (χ1v) is 8.29. The molecule has 0 radical (unpaired) electrons. The number of hydrogen-bond donors (Lipinski definition) is 2. The summed E-state index contributed by atoms with van der Waals surface area (Å²) in [6.45, 7) is 6.02. The fourth-order valence-corrected chi connectivity index (χ4v) is 2.79. The van der Waals surface area contributed by atoms with E-state index < -0.39 is 6.61 Å².